The van der Waals surface area contributed by atoms with Crippen molar-refractivity contribution in [2.75, 3.05) is 0 Å². The highest BCUT2D eigenvalue weighted by Gasteiger charge is 2.13. The molecule has 0 saturated heterocycles. The molecule has 2 rings (SSSR count). The number of aryl methyl sites for hydroxylation is 3. The lowest BCUT2D eigenvalue weighted by molar-refractivity contribution is 0.622. The Morgan fingerprint density at radius 2 is 1.63 bits per heavy atom. The van der Waals surface area contributed by atoms with E-state index in [2.05, 4.69) is 32.0 Å². The molecule has 0 amide bonds. The molecule has 2 aromatic rings. The minimum atomic E-state index is -0.208. The number of nitrogens with two attached hydrogens (primary N) is 1. The molecule has 1 atom stereocenters. The molecular formula is C17H20FN. The molecular weight excluding hydrogens is 237 g/mol. The molecule has 19 heavy (non-hydrogen) atoms. The third kappa shape index (κ3) is 3.02. The van der Waals surface area contributed by atoms with Crippen molar-refractivity contribution in [2.45, 2.75) is 33.2 Å². The first kappa shape index (κ1) is 13.8. The first-order valence-electron chi connectivity index (χ1n) is 6.55. The molecule has 0 radical (unpaired) electrons. The summed E-state index contributed by atoms with van der Waals surface area (Å²) in [6.07, 6.45) is 0.783. The highest BCUT2D eigenvalue weighted by atomic mass is 19.1. The van der Waals surface area contributed by atoms with E-state index in [0.29, 0.717) is 0 Å². The quantitative estimate of drug-likeness (QED) is 0.884. The number of rotatable bonds is 3. The predicted octanol–water partition coefficient (Wildman–Crippen LogP) is 3.99. The molecule has 100 valence electrons. The lowest BCUT2D eigenvalue weighted by Gasteiger charge is -2.18. The van der Waals surface area contributed by atoms with Gasteiger partial charge in [0.05, 0.1) is 0 Å². The van der Waals surface area contributed by atoms with Gasteiger partial charge in [0.2, 0.25) is 0 Å². The van der Waals surface area contributed by atoms with E-state index < -0.39 is 0 Å². The Balaban J connectivity index is 2.28. The summed E-state index contributed by atoms with van der Waals surface area (Å²) in [5.41, 5.74) is 12.0. The van der Waals surface area contributed by atoms with Gasteiger partial charge in [-0.25, -0.2) is 4.39 Å². The van der Waals surface area contributed by atoms with Gasteiger partial charge in [-0.05, 0) is 67.1 Å². The normalized spacial score (nSPS) is 12.5. The van der Waals surface area contributed by atoms with Crippen LogP contribution in [0.5, 0.6) is 0 Å². The Labute approximate surface area is 114 Å². The van der Waals surface area contributed by atoms with Crippen LogP contribution in [0.3, 0.4) is 0 Å². The molecule has 1 nitrogen and oxygen atoms in total. The molecule has 1 unspecified atom stereocenters. The average Bonchev–Trinajstić information content (AvgIpc) is 2.33. The zero-order chi connectivity index (χ0) is 14.0. The second-order valence-corrected chi connectivity index (χ2v) is 5.18. The molecule has 0 heterocycles. The first-order valence-corrected chi connectivity index (χ1v) is 6.55. The van der Waals surface area contributed by atoms with Crippen molar-refractivity contribution in [3.8, 4) is 0 Å². The van der Waals surface area contributed by atoms with E-state index in [1.807, 2.05) is 6.92 Å². The Morgan fingerprint density at radius 3 is 2.21 bits per heavy atom. The lowest BCUT2D eigenvalue weighted by Crippen LogP contribution is -2.16. The minimum Gasteiger partial charge on any atom is -0.324 e. The van der Waals surface area contributed by atoms with Crippen LogP contribution in [0.1, 0.15) is 33.9 Å². The standard InChI is InChI=1S/C17H20FN/c1-11-5-4-6-12(2)16(11)10-17(19)15-8-7-14(18)9-13(15)3/h4-9,17H,10,19H2,1-3H3. The molecule has 0 spiro atoms. The monoisotopic (exact) mass is 257 g/mol. The fraction of sp³-hybridized carbons (Fsp3) is 0.294. The van der Waals surface area contributed by atoms with Crippen LogP contribution in [0.4, 0.5) is 4.39 Å². The Morgan fingerprint density at radius 1 is 1.00 bits per heavy atom. The highest BCUT2D eigenvalue weighted by molar-refractivity contribution is 5.37. The first-order chi connectivity index (χ1) is 8.99. The van der Waals surface area contributed by atoms with Gasteiger partial charge in [0.1, 0.15) is 5.82 Å². The Bertz CT molecular complexity index is 570. The number of hydrogen-bond acceptors (Lipinski definition) is 1. The summed E-state index contributed by atoms with van der Waals surface area (Å²) in [7, 11) is 0. The highest BCUT2D eigenvalue weighted by Crippen LogP contribution is 2.23. The summed E-state index contributed by atoms with van der Waals surface area (Å²) < 4.78 is 13.1. The summed E-state index contributed by atoms with van der Waals surface area (Å²) in [4.78, 5) is 0. The van der Waals surface area contributed by atoms with Gasteiger partial charge in [0.15, 0.2) is 0 Å². The van der Waals surface area contributed by atoms with Gasteiger partial charge in [-0.3, -0.25) is 0 Å². The van der Waals surface area contributed by atoms with E-state index in [4.69, 9.17) is 5.73 Å². The van der Waals surface area contributed by atoms with Gasteiger partial charge >= 0.3 is 0 Å². The topological polar surface area (TPSA) is 26.0 Å². The molecule has 0 saturated carbocycles. The zero-order valence-electron chi connectivity index (χ0n) is 11.7. The van der Waals surface area contributed by atoms with E-state index in [1.54, 1.807) is 12.1 Å². The fourth-order valence-corrected chi connectivity index (χ4v) is 2.56. The lowest BCUT2D eigenvalue weighted by atomic mass is 9.91. The third-order valence-corrected chi connectivity index (χ3v) is 3.70. The number of benzene rings is 2. The van der Waals surface area contributed by atoms with Crippen molar-refractivity contribution in [3.05, 3.63) is 70.0 Å². The van der Waals surface area contributed by atoms with Crippen molar-refractivity contribution in [3.63, 3.8) is 0 Å². The largest absolute Gasteiger partial charge is 0.324 e. The third-order valence-electron chi connectivity index (χ3n) is 3.70. The van der Waals surface area contributed by atoms with Crippen LogP contribution in [-0.4, -0.2) is 0 Å². The second-order valence-electron chi connectivity index (χ2n) is 5.18. The van der Waals surface area contributed by atoms with Crippen LogP contribution < -0.4 is 5.73 Å². The molecule has 0 aliphatic rings. The molecule has 2 aromatic carbocycles. The summed E-state index contributed by atoms with van der Waals surface area (Å²) in [5.74, 6) is -0.208. The van der Waals surface area contributed by atoms with E-state index in [0.717, 1.165) is 17.5 Å². The van der Waals surface area contributed by atoms with Crippen molar-refractivity contribution in [2.24, 2.45) is 5.73 Å². The second kappa shape index (κ2) is 5.54. The van der Waals surface area contributed by atoms with Crippen LogP contribution in [0.25, 0.3) is 0 Å². The van der Waals surface area contributed by atoms with Crippen LogP contribution in [0.2, 0.25) is 0 Å². The summed E-state index contributed by atoms with van der Waals surface area (Å²) in [5, 5.41) is 0. The number of halogens is 1. The summed E-state index contributed by atoms with van der Waals surface area (Å²) in [6.45, 7) is 6.11. The SMILES string of the molecule is Cc1cc(F)ccc1C(N)Cc1c(C)cccc1C. The molecule has 0 fully saturated rings. The van der Waals surface area contributed by atoms with Crippen LogP contribution in [-0.2, 0) is 6.42 Å². The van der Waals surface area contributed by atoms with Crippen LogP contribution in [0, 0.1) is 26.6 Å². The van der Waals surface area contributed by atoms with E-state index >= 15 is 0 Å². The van der Waals surface area contributed by atoms with Gasteiger partial charge in [-0.15, -0.1) is 0 Å². The van der Waals surface area contributed by atoms with Crippen LogP contribution >= 0.6 is 0 Å². The maximum absolute atomic E-state index is 13.1. The molecule has 0 bridgehead atoms. The summed E-state index contributed by atoms with van der Waals surface area (Å²) >= 11 is 0. The van der Waals surface area contributed by atoms with Gasteiger partial charge in [0.25, 0.3) is 0 Å². The van der Waals surface area contributed by atoms with E-state index in [9.17, 15) is 4.39 Å². The van der Waals surface area contributed by atoms with Crippen molar-refractivity contribution in [1.29, 1.82) is 0 Å². The van der Waals surface area contributed by atoms with Gasteiger partial charge in [-0.2, -0.15) is 0 Å². The Kier molecular flexibility index (Phi) is 4.01. The smallest absolute Gasteiger partial charge is 0.123 e. The van der Waals surface area contributed by atoms with Gasteiger partial charge in [-0.1, -0.05) is 24.3 Å². The molecule has 2 N–H and O–H groups in total. The zero-order valence-corrected chi connectivity index (χ0v) is 11.7. The van der Waals surface area contributed by atoms with E-state index in [-0.39, 0.29) is 11.9 Å². The minimum absolute atomic E-state index is 0.0969. The van der Waals surface area contributed by atoms with Crippen molar-refractivity contribution in [1.82, 2.24) is 0 Å². The van der Waals surface area contributed by atoms with Gasteiger partial charge in [0, 0.05) is 6.04 Å². The van der Waals surface area contributed by atoms with E-state index in [1.165, 1.54) is 22.8 Å². The molecule has 2 heteroatoms. The molecule has 0 aliphatic carbocycles. The maximum Gasteiger partial charge on any atom is 0.123 e. The average molecular weight is 257 g/mol. The summed E-state index contributed by atoms with van der Waals surface area (Å²) in [6, 6.07) is 11.0. The number of hydrogen-bond donors (Lipinski definition) is 1. The van der Waals surface area contributed by atoms with Crippen LogP contribution in [0.15, 0.2) is 36.4 Å². The maximum atomic E-state index is 13.1. The Hall–Kier alpha value is -1.67. The fourth-order valence-electron chi connectivity index (χ4n) is 2.56. The van der Waals surface area contributed by atoms with Gasteiger partial charge < -0.3 is 5.73 Å². The predicted molar refractivity (Wildman–Crippen MR) is 77.7 cm³/mol. The molecule has 0 aromatic heterocycles. The molecule has 0 aliphatic heterocycles. The van der Waals surface area contributed by atoms with Crippen molar-refractivity contribution < 1.29 is 4.39 Å². The van der Waals surface area contributed by atoms with Crippen molar-refractivity contribution >= 4 is 0 Å².